The number of fused-ring (bicyclic) bond motifs is 1. The number of rotatable bonds is 7. The van der Waals surface area contributed by atoms with Gasteiger partial charge in [-0.2, -0.15) is 0 Å². The van der Waals surface area contributed by atoms with Crippen LogP contribution < -0.4 is 4.74 Å². The number of nitrogens with zero attached hydrogens (tertiary/aromatic N) is 1. The first-order valence-electron chi connectivity index (χ1n) is 10.5. The van der Waals surface area contributed by atoms with Crippen LogP contribution in [0.15, 0.2) is 62.6 Å². The van der Waals surface area contributed by atoms with Gasteiger partial charge in [0.25, 0.3) is 0 Å². The largest absolute Gasteiger partial charge is 0.489 e. The lowest BCUT2D eigenvalue weighted by atomic mass is 9.93. The van der Waals surface area contributed by atoms with E-state index in [2.05, 4.69) is 26.2 Å². The Morgan fingerprint density at radius 2 is 2.00 bits per heavy atom. The molecule has 0 radical (unpaired) electrons. The Morgan fingerprint density at radius 3 is 2.70 bits per heavy atom. The molecule has 0 bridgehead atoms. The van der Waals surface area contributed by atoms with E-state index in [9.17, 15) is 4.21 Å². The number of aromatic nitrogens is 1. The number of thioether (sulfide) groups is 1. The third kappa shape index (κ3) is 5.60. The Morgan fingerprint density at radius 1 is 1.21 bits per heavy atom. The Kier molecular flexibility index (Phi) is 7.12. The summed E-state index contributed by atoms with van der Waals surface area (Å²) >= 11 is 3.11. The standard InChI is InChI=1S/C26H27NO3S3/c1-26(2,3)23-16-32-25(27-23)22-13-19-12-20(10-11-21(19)30-22)29-15-18-9-7-6-8-17(18)14-24(31-4)33(5)28/h6-14,16H,15H2,1-5H3. The van der Waals surface area contributed by atoms with Crippen molar-refractivity contribution in [3.05, 3.63) is 75.0 Å². The number of thiazole rings is 1. The minimum Gasteiger partial charge on any atom is -0.489 e. The van der Waals surface area contributed by atoms with Gasteiger partial charge in [-0.1, -0.05) is 45.0 Å². The molecule has 0 saturated carbocycles. The average Bonchev–Trinajstić information content (AvgIpc) is 3.43. The number of furan rings is 1. The van der Waals surface area contributed by atoms with Crippen molar-refractivity contribution in [3.63, 3.8) is 0 Å². The topological polar surface area (TPSA) is 52.3 Å². The molecule has 0 spiro atoms. The lowest BCUT2D eigenvalue weighted by molar-refractivity contribution is 0.306. The van der Waals surface area contributed by atoms with Gasteiger partial charge in [0.15, 0.2) is 10.8 Å². The number of hydrogen-bond acceptors (Lipinski definition) is 6. The summed E-state index contributed by atoms with van der Waals surface area (Å²) in [6.45, 7) is 6.89. The van der Waals surface area contributed by atoms with Gasteiger partial charge in [0, 0.05) is 22.4 Å². The Hall–Kier alpha value is -2.35. The van der Waals surface area contributed by atoms with Gasteiger partial charge in [0.05, 0.1) is 20.7 Å². The van der Waals surface area contributed by atoms with Gasteiger partial charge in [0.1, 0.15) is 17.9 Å². The molecule has 0 aliphatic rings. The number of ether oxygens (including phenoxy) is 1. The second-order valence-corrected chi connectivity index (χ2v) is 12.0. The molecular formula is C26H27NO3S3. The fourth-order valence-electron chi connectivity index (χ4n) is 3.30. The van der Waals surface area contributed by atoms with Gasteiger partial charge in [-0.05, 0) is 47.7 Å². The van der Waals surface area contributed by atoms with Crippen molar-refractivity contribution in [2.45, 2.75) is 32.8 Å². The lowest BCUT2D eigenvalue weighted by Crippen LogP contribution is -2.11. The van der Waals surface area contributed by atoms with Gasteiger partial charge in [-0.15, -0.1) is 23.1 Å². The molecule has 0 N–H and O–H groups in total. The molecule has 1 unspecified atom stereocenters. The van der Waals surface area contributed by atoms with Gasteiger partial charge in [0.2, 0.25) is 0 Å². The van der Waals surface area contributed by atoms with E-state index < -0.39 is 10.8 Å². The molecule has 4 aromatic rings. The minimum atomic E-state index is -1.02. The second kappa shape index (κ2) is 9.87. The fourth-order valence-corrected chi connectivity index (χ4v) is 5.78. The molecule has 33 heavy (non-hydrogen) atoms. The van der Waals surface area contributed by atoms with Crippen LogP contribution in [-0.4, -0.2) is 21.7 Å². The van der Waals surface area contributed by atoms with E-state index in [-0.39, 0.29) is 5.41 Å². The normalized spacial score (nSPS) is 13.4. The highest BCUT2D eigenvalue weighted by Gasteiger charge is 2.19. The zero-order valence-electron chi connectivity index (χ0n) is 19.4. The monoisotopic (exact) mass is 497 g/mol. The summed E-state index contributed by atoms with van der Waals surface area (Å²) in [6, 6.07) is 15.9. The van der Waals surface area contributed by atoms with Crippen molar-refractivity contribution in [2.24, 2.45) is 0 Å². The van der Waals surface area contributed by atoms with E-state index in [1.165, 1.54) is 11.8 Å². The van der Waals surface area contributed by atoms with Crippen LogP contribution in [-0.2, 0) is 22.8 Å². The molecule has 0 aliphatic carbocycles. The zero-order valence-corrected chi connectivity index (χ0v) is 21.8. The summed E-state index contributed by atoms with van der Waals surface area (Å²) in [6.07, 6.45) is 5.62. The van der Waals surface area contributed by atoms with Crippen molar-refractivity contribution in [1.82, 2.24) is 4.98 Å². The molecule has 0 fully saturated rings. The quantitative estimate of drug-likeness (QED) is 0.265. The molecule has 1 atom stereocenters. The van der Waals surface area contributed by atoms with E-state index >= 15 is 0 Å². The van der Waals surface area contributed by atoms with E-state index in [1.54, 1.807) is 17.6 Å². The maximum Gasteiger partial charge on any atom is 0.164 e. The maximum absolute atomic E-state index is 11.9. The van der Waals surface area contributed by atoms with Gasteiger partial charge in [-0.3, -0.25) is 4.21 Å². The molecule has 172 valence electrons. The van der Waals surface area contributed by atoms with Crippen molar-refractivity contribution in [2.75, 3.05) is 12.5 Å². The minimum absolute atomic E-state index is 0.00992. The summed E-state index contributed by atoms with van der Waals surface area (Å²) in [5.74, 6) is 1.54. The first-order chi connectivity index (χ1) is 15.7. The van der Waals surface area contributed by atoms with Crippen molar-refractivity contribution < 1.29 is 13.4 Å². The van der Waals surface area contributed by atoms with Crippen molar-refractivity contribution >= 4 is 50.9 Å². The highest BCUT2D eigenvalue weighted by Crippen LogP contribution is 2.34. The first kappa shape index (κ1) is 23.8. The van der Waals surface area contributed by atoms with E-state index in [4.69, 9.17) is 14.1 Å². The van der Waals surface area contributed by atoms with Gasteiger partial charge >= 0.3 is 0 Å². The molecule has 7 heteroatoms. The Balaban J connectivity index is 1.54. The first-order valence-corrected chi connectivity index (χ1v) is 14.2. The molecule has 2 aromatic carbocycles. The molecule has 0 aliphatic heterocycles. The van der Waals surface area contributed by atoms with E-state index in [1.807, 2.05) is 60.9 Å². The molecule has 4 nitrogen and oxygen atoms in total. The van der Waals surface area contributed by atoms with Crippen molar-refractivity contribution in [3.8, 4) is 16.5 Å². The molecular weight excluding hydrogens is 470 g/mol. The van der Waals surface area contributed by atoms with Crippen LogP contribution in [0, 0.1) is 0 Å². The Bertz CT molecular complexity index is 1330. The fraction of sp³-hybridized carbons (Fsp3) is 0.269. The summed E-state index contributed by atoms with van der Waals surface area (Å²) in [5, 5.41) is 3.96. The van der Waals surface area contributed by atoms with E-state index in [0.29, 0.717) is 6.61 Å². The highest BCUT2D eigenvalue weighted by atomic mass is 32.2. The SMILES string of the molecule is CSC(=Cc1ccccc1COc1ccc2oc(-c3nc(C(C)(C)C)cs3)cc2c1)S(C)=O. The molecule has 0 amide bonds. The number of benzene rings is 2. The van der Waals surface area contributed by atoms with Crippen LogP contribution in [0.5, 0.6) is 5.75 Å². The lowest BCUT2D eigenvalue weighted by Gasteiger charge is -2.13. The third-order valence-electron chi connectivity index (χ3n) is 5.18. The smallest absolute Gasteiger partial charge is 0.164 e. The predicted octanol–water partition coefficient (Wildman–Crippen LogP) is 7.47. The predicted molar refractivity (Wildman–Crippen MR) is 142 cm³/mol. The summed E-state index contributed by atoms with van der Waals surface area (Å²) in [4.78, 5) is 4.76. The van der Waals surface area contributed by atoms with Crippen LogP contribution in [0.25, 0.3) is 27.8 Å². The molecule has 4 rings (SSSR count). The van der Waals surface area contributed by atoms with Crippen LogP contribution in [0.1, 0.15) is 37.6 Å². The van der Waals surface area contributed by atoms with Crippen LogP contribution in [0.2, 0.25) is 0 Å². The number of hydrogen-bond donors (Lipinski definition) is 0. The van der Waals surface area contributed by atoms with Crippen LogP contribution in [0.3, 0.4) is 0 Å². The zero-order chi connectivity index (χ0) is 23.6. The summed E-state index contributed by atoms with van der Waals surface area (Å²) < 4.78 is 24.9. The highest BCUT2D eigenvalue weighted by molar-refractivity contribution is 8.16. The van der Waals surface area contributed by atoms with Gasteiger partial charge in [-0.25, -0.2) is 4.98 Å². The maximum atomic E-state index is 11.9. The molecule has 2 heterocycles. The summed E-state index contributed by atoms with van der Waals surface area (Å²) in [7, 11) is -1.02. The molecule has 0 saturated heterocycles. The second-order valence-electron chi connectivity index (χ2n) is 8.71. The van der Waals surface area contributed by atoms with Gasteiger partial charge < -0.3 is 9.15 Å². The van der Waals surface area contributed by atoms with Crippen LogP contribution in [0.4, 0.5) is 0 Å². The summed E-state index contributed by atoms with van der Waals surface area (Å²) in [5.41, 5.74) is 3.94. The average molecular weight is 498 g/mol. The third-order valence-corrected chi connectivity index (χ3v) is 8.44. The Labute approximate surface area is 205 Å². The van der Waals surface area contributed by atoms with Crippen molar-refractivity contribution in [1.29, 1.82) is 0 Å². The van der Waals surface area contributed by atoms with Crippen LogP contribution >= 0.6 is 23.1 Å². The van der Waals surface area contributed by atoms with E-state index in [0.717, 1.165) is 48.5 Å². The molecule has 2 aromatic heterocycles.